The molecule has 1 saturated carbocycles. The summed E-state index contributed by atoms with van der Waals surface area (Å²) < 4.78 is 5.55. The maximum atomic E-state index is 10.4. The number of nitro benzene ring substituents is 1. The van der Waals surface area contributed by atoms with Gasteiger partial charge in [0.25, 0.3) is 5.69 Å². The summed E-state index contributed by atoms with van der Waals surface area (Å²) >= 11 is 0. The largest absolute Gasteiger partial charge is 0.490 e. The van der Waals surface area contributed by atoms with E-state index in [1.54, 1.807) is 12.1 Å². The monoisotopic (exact) mass is 208 g/mol. The molecule has 0 saturated heterocycles. The molecule has 1 aromatic carbocycles. The molecule has 0 radical (unpaired) electrons. The van der Waals surface area contributed by atoms with Gasteiger partial charge in [-0.2, -0.15) is 0 Å². The second kappa shape index (κ2) is 3.86. The Bertz CT molecular complexity index is 357. The highest BCUT2D eigenvalue weighted by Gasteiger charge is 2.27. The number of ether oxygens (including phenoxy) is 1. The predicted molar refractivity (Wildman–Crippen MR) is 54.7 cm³/mol. The van der Waals surface area contributed by atoms with Gasteiger partial charge in [-0.25, -0.2) is 0 Å². The smallest absolute Gasteiger partial charge is 0.269 e. The second-order valence-electron chi connectivity index (χ2n) is 3.72. The first-order chi connectivity index (χ1) is 7.15. The predicted octanol–water partition coefficient (Wildman–Crippen LogP) is 1.46. The highest BCUT2D eigenvalue weighted by Crippen LogP contribution is 2.25. The molecule has 1 aromatic rings. The van der Waals surface area contributed by atoms with E-state index in [1.165, 1.54) is 12.1 Å². The van der Waals surface area contributed by atoms with E-state index in [2.05, 4.69) is 0 Å². The van der Waals surface area contributed by atoms with E-state index in [-0.39, 0.29) is 17.8 Å². The molecule has 0 amide bonds. The molecule has 0 unspecified atom stereocenters. The number of nitrogens with zero attached hydrogens (tertiary/aromatic N) is 1. The van der Waals surface area contributed by atoms with Crippen LogP contribution in [-0.4, -0.2) is 17.1 Å². The van der Waals surface area contributed by atoms with Crippen LogP contribution in [0.25, 0.3) is 0 Å². The van der Waals surface area contributed by atoms with Crippen LogP contribution in [0, 0.1) is 10.1 Å². The molecule has 1 aliphatic rings. The summed E-state index contributed by atoms with van der Waals surface area (Å²) in [5.74, 6) is 0.664. The molecule has 0 spiro atoms. The third-order valence-corrected chi connectivity index (χ3v) is 2.48. The highest BCUT2D eigenvalue weighted by atomic mass is 16.6. The Kier molecular flexibility index (Phi) is 2.55. The first-order valence-electron chi connectivity index (χ1n) is 4.82. The van der Waals surface area contributed by atoms with E-state index in [9.17, 15) is 10.1 Å². The van der Waals surface area contributed by atoms with Gasteiger partial charge in [-0.05, 0) is 25.0 Å². The summed E-state index contributed by atoms with van der Waals surface area (Å²) in [7, 11) is 0. The summed E-state index contributed by atoms with van der Waals surface area (Å²) in [5, 5.41) is 10.4. The van der Waals surface area contributed by atoms with Crippen molar-refractivity contribution in [2.75, 3.05) is 0 Å². The molecule has 0 aromatic heterocycles. The van der Waals surface area contributed by atoms with Crippen LogP contribution in [0.1, 0.15) is 12.8 Å². The third-order valence-electron chi connectivity index (χ3n) is 2.48. The number of nitrogens with two attached hydrogens (primary N) is 1. The Morgan fingerprint density at radius 1 is 1.33 bits per heavy atom. The number of benzene rings is 1. The summed E-state index contributed by atoms with van der Waals surface area (Å²) in [6.45, 7) is 0. The molecule has 0 bridgehead atoms. The molecular formula is C10H12N2O3. The van der Waals surface area contributed by atoms with Crippen molar-refractivity contribution < 1.29 is 9.66 Å². The van der Waals surface area contributed by atoms with Crippen LogP contribution in [0.15, 0.2) is 24.3 Å². The van der Waals surface area contributed by atoms with Gasteiger partial charge in [-0.3, -0.25) is 10.1 Å². The zero-order valence-corrected chi connectivity index (χ0v) is 8.13. The molecule has 15 heavy (non-hydrogen) atoms. The van der Waals surface area contributed by atoms with Crippen molar-refractivity contribution in [3.05, 3.63) is 34.4 Å². The maximum Gasteiger partial charge on any atom is 0.269 e. The lowest BCUT2D eigenvalue weighted by Crippen LogP contribution is -2.43. The normalized spacial score (nSPS) is 24.3. The fraction of sp³-hybridized carbons (Fsp3) is 0.400. The van der Waals surface area contributed by atoms with E-state index in [4.69, 9.17) is 10.5 Å². The van der Waals surface area contributed by atoms with Gasteiger partial charge >= 0.3 is 0 Å². The van der Waals surface area contributed by atoms with Crippen LogP contribution in [0.2, 0.25) is 0 Å². The second-order valence-corrected chi connectivity index (χ2v) is 3.72. The standard InChI is InChI=1S/C10H12N2O3/c11-7-5-10(6-7)15-9-3-1-8(2-4-9)12(13)14/h1-4,7,10H,5-6,11H2. The molecule has 0 heterocycles. The zero-order chi connectivity index (χ0) is 10.8. The number of hydrogen-bond donors (Lipinski definition) is 1. The van der Waals surface area contributed by atoms with Gasteiger partial charge in [0, 0.05) is 18.2 Å². The molecule has 80 valence electrons. The molecule has 2 rings (SSSR count). The summed E-state index contributed by atoms with van der Waals surface area (Å²) in [6, 6.07) is 6.35. The minimum atomic E-state index is -0.428. The lowest BCUT2D eigenvalue weighted by atomic mass is 9.90. The fourth-order valence-corrected chi connectivity index (χ4v) is 1.54. The van der Waals surface area contributed by atoms with Crippen molar-refractivity contribution in [3.8, 4) is 5.75 Å². The minimum Gasteiger partial charge on any atom is -0.490 e. The van der Waals surface area contributed by atoms with E-state index in [1.807, 2.05) is 0 Å². The highest BCUT2D eigenvalue weighted by molar-refractivity contribution is 5.36. The van der Waals surface area contributed by atoms with Gasteiger partial charge in [0.1, 0.15) is 11.9 Å². The average Bonchev–Trinajstić information content (AvgIpc) is 2.16. The number of nitro groups is 1. The number of rotatable bonds is 3. The van der Waals surface area contributed by atoms with Gasteiger partial charge in [0.15, 0.2) is 0 Å². The van der Waals surface area contributed by atoms with E-state index in [0.717, 1.165) is 12.8 Å². The van der Waals surface area contributed by atoms with Crippen LogP contribution in [-0.2, 0) is 0 Å². The Morgan fingerprint density at radius 3 is 2.40 bits per heavy atom. The van der Waals surface area contributed by atoms with Crippen LogP contribution in [0.4, 0.5) is 5.69 Å². The lowest BCUT2D eigenvalue weighted by Gasteiger charge is -2.32. The van der Waals surface area contributed by atoms with Gasteiger partial charge < -0.3 is 10.5 Å². The van der Waals surface area contributed by atoms with Crippen LogP contribution in [0.5, 0.6) is 5.75 Å². The van der Waals surface area contributed by atoms with Crippen LogP contribution in [0.3, 0.4) is 0 Å². The molecule has 5 nitrogen and oxygen atoms in total. The quantitative estimate of drug-likeness (QED) is 0.602. The molecule has 1 aliphatic carbocycles. The first kappa shape index (κ1) is 9.92. The number of non-ortho nitro benzene ring substituents is 1. The zero-order valence-electron chi connectivity index (χ0n) is 8.13. The van der Waals surface area contributed by atoms with Crippen LogP contribution < -0.4 is 10.5 Å². The van der Waals surface area contributed by atoms with E-state index < -0.39 is 4.92 Å². The Labute approximate surface area is 87.0 Å². The molecule has 0 atom stereocenters. The van der Waals surface area contributed by atoms with Crippen molar-refractivity contribution in [2.45, 2.75) is 25.0 Å². The van der Waals surface area contributed by atoms with Crippen molar-refractivity contribution >= 4 is 5.69 Å². The topological polar surface area (TPSA) is 78.4 Å². The Balaban J connectivity index is 1.95. The van der Waals surface area contributed by atoms with Crippen molar-refractivity contribution in [1.29, 1.82) is 0 Å². The Hall–Kier alpha value is -1.62. The molecule has 2 N–H and O–H groups in total. The molecule has 1 fully saturated rings. The van der Waals surface area contributed by atoms with Crippen molar-refractivity contribution in [1.82, 2.24) is 0 Å². The third kappa shape index (κ3) is 2.24. The summed E-state index contributed by atoms with van der Waals surface area (Å²) in [5.41, 5.74) is 5.69. The van der Waals surface area contributed by atoms with Gasteiger partial charge in [0.2, 0.25) is 0 Å². The average molecular weight is 208 g/mol. The molecular weight excluding hydrogens is 196 g/mol. The SMILES string of the molecule is NC1CC(Oc2ccc([N+](=O)[O-])cc2)C1. The van der Waals surface area contributed by atoms with Crippen LogP contribution >= 0.6 is 0 Å². The van der Waals surface area contributed by atoms with Crippen molar-refractivity contribution in [2.24, 2.45) is 5.73 Å². The summed E-state index contributed by atoms with van der Waals surface area (Å²) in [6.07, 6.45) is 1.88. The van der Waals surface area contributed by atoms with Gasteiger partial charge in [-0.1, -0.05) is 0 Å². The van der Waals surface area contributed by atoms with Crippen molar-refractivity contribution in [3.63, 3.8) is 0 Å². The fourth-order valence-electron chi connectivity index (χ4n) is 1.54. The Morgan fingerprint density at radius 2 is 1.93 bits per heavy atom. The number of hydrogen-bond acceptors (Lipinski definition) is 4. The minimum absolute atomic E-state index is 0.0765. The van der Waals surface area contributed by atoms with Gasteiger partial charge in [-0.15, -0.1) is 0 Å². The maximum absolute atomic E-state index is 10.4. The van der Waals surface area contributed by atoms with E-state index in [0.29, 0.717) is 5.75 Å². The molecule has 0 aliphatic heterocycles. The first-order valence-corrected chi connectivity index (χ1v) is 4.82. The summed E-state index contributed by atoms with van der Waals surface area (Å²) in [4.78, 5) is 9.97. The van der Waals surface area contributed by atoms with E-state index >= 15 is 0 Å². The van der Waals surface area contributed by atoms with Gasteiger partial charge in [0.05, 0.1) is 4.92 Å². The lowest BCUT2D eigenvalue weighted by molar-refractivity contribution is -0.384. The molecule has 5 heteroatoms.